The summed E-state index contributed by atoms with van der Waals surface area (Å²) >= 11 is 0. The smallest absolute Gasteiger partial charge is 0.296 e. The van der Waals surface area contributed by atoms with Crippen LogP contribution in [0, 0.1) is 0 Å². The number of hydrogen-bond acceptors (Lipinski definition) is 4. The molecule has 17 heavy (non-hydrogen) atoms. The molecule has 7 heteroatoms. The first kappa shape index (κ1) is 11.7. The lowest BCUT2D eigenvalue weighted by molar-refractivity contribution is 0.464. The lowest BCUT2D eigenvalue weighted by Crippen LogP contribution is -2.09. The third-order valence-electron chi connectivity index (χ3n) is 2.30. The van der Waals surface area contributed by atoms with E-state index >= 15 is 0 Å². The van der Waals surface area contributed by atoms with Crippen molar-refractivity contribution in [1.29, 1.82) is 0 Å². The minimum atomic E-state index is -4.34. The molecule has 0 saturated heterocycles. The van der Waals surface area contributed by atoms with Crippen LogP contribution in [0.5, 0.6) is 0 Å². The van der Waals surface area contributed by atoms with E-state index in [1.54, 1.807) is 19.1 Å². The van der Waals surface area contributed by atoms with Crippen molar-refractivity contribution in [3.8, 4) is 11.4 Å². The van der Waals surface area contributed by atoms with Crippen LogP contribution in [-0.4, -0.2) is 27.7 Å². The summed E-state index contributed by atoms with van der Waals surface area (Å²) in [7, 11) is -4.34. The van der Waals surface area contributed by atoms with Crippen LogP contribution in [0.4, 0.5) is 0 Å². The molecule has 2 rings (SSSR count). The molecule has 0 bridgehead atoms. The molecule has 1 heterocycles. The van der Waals surface area contributed by atoms with Gasteiger partial charge in [0.2, 0.25) is 0 Å². The normalized spacial score (nSPS) is 11.6. The summed E-state index contributed by atoms with van der Waals surface area (Å²) in [6.45, 7) is 2.11. The molecule has 0 unspecified atom stereocenters. The Kier molecular flexibility index (Phi) is 2.95. The Bertz CT molecular complexity index is 620. The van der Waals surface area contributed by atoms with Crippen molar-refractivity contribution in [1.82, 2.24) is 14.8 Å². The van der Waals surface area contributed by atoms with Gasteiger partial charge >= 0.3 is 10.1 Å². The van der Waals surface area contributed by atoms with E-state index in [9.17, 15) is 8.42 Å². The molecule has 1 aromatic carbocycles. The average Bonchev–Trinajstić information content (AvgIpc) is 2.73. The summed E-state index contributed by atoms with van der Waals surface area (Å²) in [5.41, 5.74) is 0.747. The van der Waals surface area contributed by atoms with Gasteiger partial charge in [-0.1, -0.05) is 30.3 Å². The zero-order valence-corrected chi connectivity index (χ0v) is 9.92. The van der Waals surface area contributed by atoms with E-state index in [-0.39, 0.29) is 0 Å². The van der Waals surface area contributed by atoms with Gasteiger partial charge < -0.3 is 0 Å². The predicted octanol–water partition coefficient (Wildman–Crippen LogP) is 1.21. The van der Waals surface area contributed by atoms with Crippen molar-refractivity contribution < 1.29 is 13.0 Å². The van der Waals surface area contributed by atoms with E-state index in [1.165, 1.54) is 4.57 Å². The highest BCUT2D eigenvalue weighted by Crippen LogP contribution is 2.19. The van der Waals surface area contributed by atoms with Crippen LogP contribution in [0.3, 0.4) is 0 Å². The highest BCUT2D eigenvalue weighted by atomic mass is 32.2. The first-order valence-electron chi connectivity index (χ1n) is 5.00. The molecule has 0 fully saturated rings. The summed E-state index contributed by atoms with van der Waals surface area (Å²) in [4.78, 5) is 0. The van der Waals surface area contributed by atoms with Crippen molar-refractivity contribution in [3.05, 3.63) is 30.3 Å². The van der Waals surface area contributed by atoms with E-state index in [2.05, 4.69) is 10.2 Å². The summed E-state index contributed by atoms with van der Waals surface area (Å²) in [5.74, 6) is 0.417. The Balaban J connectivity index is 2.62. The highest BCUT2D eigenvalue weighted by Gasteiger charge is 2.21. The van der Waals surface area contributed by atoms with Crippen LogP contribution in [0.15, 0.2) is 35.5 Å². The maximum absolute atomic E-state index is 11.1. The Morgan fingerprint density at radius 1 is 1.24 bits per heavy atom. The Hall–Kier alpha value is -1.73. The fourth-order valence-electron chi connectivity index (χ4n) is 1.57. The largest absolute Gasteiger partial charge is 0.330 e. The van der Waals surface area contributed by atoms with Crippen LogP contribution in [-0.2, 0) is 16.7 Å². The summed E-state index contributed by atoms with van der Waals surface area (Å²) in [6, 6.07) is 9.07. The van der Waals surface area contributed by atoms with Crippen LogP contribution in [0.2, 0.25) is 0 Å². The Morgan fingerprint density at radius 2 is 1.88 bits per heavy atom. The lowest BCUT2D eigenvalue weighted by Gasteiger charge is -2.05. The van der Waals surface area contributed by atoms with Gasteiger partial charge in [0, 0.05) is 12.1 Å². The third kappa shape index (κ3) is 2.20. The molecule has 0 spiro atoms. The molecule has 0 aliphatic carbocycles. The standard InChI is InChI=1S/C10H11N3O3S/c1-2-13-9(8-6-4-3-5-7-8)11-12-10(13)17(14,15)16/h3-7H,2H2,1H3,(H,14,15,16). The van der Waals surface area contributed by atoms with Gasteiger partial charge in [0.15, 0.2) is 5.82 Å². The molecule has 6 nitrogen and oxygen atoms in total. The van der Waals surface area contributed by atoms with Gasteiger partial charge in [0.25, 0.3) is 5.16 Å². The number of benzene rings is 1. The quantitative estimate of drug-likeness (QED) is 0.831. The SMILES string of the molecule is CCn1c(-c2ccccc2)nnc1S(=O)(=O)O. The highest BCUT2D eigenvalue weighted by molar-refractivity contribution is 7.85. The maximum atomic E-state index is 11.1. The van der Waals surface area contributed by atoms with Crippen LogP contribution in [0.1, 0.15) is 6.92 Å². The van der Waals surface area contributed by atoms with Gasteiger partial charge in [0.1, 0.15) is 0 Å². The van der Waals surface area contributed by atoms with Gasteiger partial charge in [-0.3, -0.25) is 9.12 Å². The van der Waals surface area contributed by atoms with Gasteiger partial charge in [-0.05, 0) is 6.92 Å². The van der Waals surface area contributed by atoms with Crippen molar-refractivity contribution >= 4 is 10.1 Å². The zero-order chi connectivity index (χ0) is 12.5. The summed E-state index contributed by atoms with van der Waals surface area (Å²) < 4.78 is 32.5. The number of hydrogen-bond donors (Lipinski definition) is 1. The number of aromatic nitrogens is 3. The molecule has 0 atom stereocenters. The van der Waals surface area contributed by atoms with Crippen molar-refractivity contribution in [2.75, 3.05) is 0 Å². The second-order valence-electron chi connectivity index (χ2n) is 3.39. The molecular formula is C10H11N3O3S. The van der Waals surface area contributed by atoms with E-state index < -0.39 is 15.3 Å². The maximum Gasteiger partial charge on any atom is 0.330 e. The number of nitrogens with zero attached hydrogens (tertiary/aromatic N) is 3. The molecule has 2 aromatic rings. The first-order chi connectivity index (χ1) is 8.04. The van der Waals surface area contributed by atoms with Crippen molar-refractivity contribution in [2.24, 2.45) is 0 Å². The van der Waals surface area contributed by atoms with E-state index in [4.69, 9.17) is 4.55 Å². The minimum Gasteiger partial charge on any atom is -0.296 e. The van der Waals surface area contributed by atoms with Gasteiger partial charge in [-0.2, -0.15) is 8.42 Å². The topological polar surface area (TPSA) is 85.1 Å². The molecule has 0 saturated carbocycles. The number of rotatable bonds is 3. The second-order valence-corrected chi connectivity index (χ2v) is 4.71. The molecule has 0 aliphatic rings. The summed E-state index contributed by atoms with van der Waals surface area (Å²) in [6.07, 6.45) is 0. The molecule has 90 valence electrons. The average molecular weight is 253 g/mol. The van der Waals surface area contributed by atoms with Crippen LogP contribution >= 0.6 is 0 Å². The van der Waals surface area contributed by atoms with E-state index in [0.29, 0.717) is 12.4 Å². The second kappa shape index (κ2) is 4.27. The minimum absolute atomic E-state index is 0.354. The lowest BCUT2D eigenvalue weighted by atomic mass is 10.2. The third-order valence-corrected chi connectivity index (χ3v) is 3.06. The fourth-order valence-corrected chi connectivity index (χ4v) is 2.20. The molecule has 1 N–H and O–H groups in total. The van der Waals surface area contributed by atoms with Crippen LogP contribution in [0.25, 0.3) is 11.4 Å². The monoisotopic (exact) mass is 253 g/mol. The predicted molar refractivity (Wildman–Crippen MR) is 60.9 cm³/mol. The first-order valence-corrected chi connectivity index (χ1v) is 6.44. The molecular weight excluding hydrogens is 242 g/mol. The van der Waals surface area contributed by atoms with E-state index in [1.807, 2.05) is 18.2 Å². The zero-order valence-electron chi connectivity index (χ0n) is 9.11. The molecule has 0 aliphatic heterocycles. The van der Waals surface area contributed by atoms with E-state index in [0.717, 1.165) is 5.56 Å². The van der Waals surface area contributed by atoms with Gasteiger partial charge in [-0.15, -0.1) is 10.2 Å². The summed E-state index contributed by atoms with van der Waals surface area (Å²) in [5, 5.41) is 6.88. The van der Waals surface area contributed by atoms with Crippen LogP contribution < -0.4 is 0 Å². The van der Waals surface area contributed by atoms with Gasteiger partial charge in [0.05, 0.1) is 0 Å². The Labute approximate surface area is 98.7 Å². The van der Waals surface area contributed by atoms with Crippen molar-refractivity contribution in [2.45, 2.75) is 18.6 Å². The fraction of sp³-hybridized carbons (Fsp3) is 0.200. The molecule has 0 radical (unpaired) electrons. The van der Waals surface area contributed by atoms with Crippen molar-refractivity contribution in [3.63, 3.8) is 0 Å². The molecule has 0 amide bonds. The molecule has 1 aromatic heterocycles. The Morgan fingerprint density at radius 3 is 2.41 bits per heavy atom. The van der Waals surface area contributed by atoms with Gasteiger partial charge in [-0.25, -0.2) is 0 Å².